The van der Waals surface area contributed by atoms with Crippen molar-refractivity contribution in [1.82, 2.24) is 4.98 Å². The molecule has 28 heavy (non-hydrogen) atoms. The van der Waals surface area contributed by atoms with E-state index in [1.54, 1.807) is 4.90 Å². The molecule has 0 aliphatic heterocycles. The Morgan fingerprint density at radius 1 is 0.964 bits per heavy atom. The molecule has 0 spiro atoms. The van der Waals surface area contributed by atoms with Crippen LogP contribution < -0.4 is 4.90 Å². The van der Waals surface area contributed by atoms with Crippen LogP contribution in [0.4, 0.5) is 5.13 Å². The second kappa shape index (κ2) is 8.13. The Labute approximate surface area is 173 Å². The van der Waals surface area contributed by atoms with Crippen molar-refractivity contribution in [1.29, 1.82) is 0 Å². The molecule has 4 aromatic rings. The first-order valence-electron chi connectivity index (χ1n) is 9.05. The fraction of sp³-hybridized carbons (Fsp3) is 0.130. The minimum absolute atomic E-state index is 0.0166. The maximum Gasteiger partial charge on any atom is 0.233 e. The molecule has 0 aliphatic rings. The Bertz CT molecular complexity index is 1070. The van der Waals surface area contributed by atoms with Gasteiger partial charge in [0.1, 0.15) is 0 Å². The lowest BCUT2D eigenvalue weighted by Gasteiger charge is -2.20. The SMILES string of the molecule is Cc1ccc(Cl)c2sc(N(Cc3ccccc3)C(=O)Cc3ccccc3)nc12. The predicted octanol–water partition coefficient (Wildman–Crippen LogP) is 6.03. The highest BCUT2D eigenvalue weighted by atomic mass is 35.5. The second-order valence-corrected chi connectivity index (χ2v) is 8.05. The van der Waals surface area contributed by atoms with Gasteiger partial charge in [-0.25, -0.2) is 4.98 Å². The predicted molar refractivity (Wildman–Crippen MR) is 117 cm³/mol. The summed E-state index contributed by atoms with van der Waals surface area (Å²) in [6.45, 7) is 2.48. The Morgan fingerprint density at radius 3 is 2.25 bits per heavy atom. The lowest BCUT2D eigenvalue weighted by atomic mass is 10.1. The van der Waals surface area contributed by atoms with Crippen LogP contribution in [0.5, 0.6) is 0 Å². The monoisotopic (exact) mass is 406 g/mol. The average Bonchev–Trinajstić information content (AvgIpc) is 3.17. The van der Waals surface area contributed by atoms with E-state index in [1.165, 1.54) is 11.3 Å². The Balaban J connectivity index is 1.73. The number of aromatic nitrogens is 1. The van der Waals surface area contributed by atoms with Crippen molar-refractivity contribution >= 4 is 44.2 Å². The molecule has 1 heterocycles. The van der Waals surface area contributed by atoms with Crippen LogP contribution in [-0.2, 0) is 17.8 Å². The van der Waals surface area contributed by atoms with Crippen molar-refractivity contribution < 1.29 is 4.79 Å². The third kappa shape index (κ3) is 3.93. The first-order valence-corrected chi connectivity index (χ1v) is 10.2. The van der Waals surface area contributed by atoms with Crippen LogP contribution in [0.2, 0.25) is 5.02 Å². The van der Waals surface area contributed by atoms with Crippen LogP contribution in [-0.4, -0.2) is 10.9 Å². The number of hydrogen-bond donors (Lipinski definition) is 0. The molecule has 0 saturated carbocycles. The molecule has 3 nitrogen and oxygen atoms in total. The number of nitrogens with zero attached hydrogens (tertiary/aromatic N) is 2. The van der Waals surface area contributed by atoms with Crippen molar-refractivity contribution in [3.63, 3.8) is 0 Å². The molecule has 0 bridgehead atoms. The number of thiazole rings is 1. The molecule has 0 saturated heterocycles. The zero-order chi connectivity index (χ0) is 19.5. The molecule has 0 radical (unpaired) electrons. The molecule has 0 atom stereocenters. The minimum atomic E-state index is 0.0166. The van der Waals surface area contributed by atoms with E-state index in [0.717, 1.165) is 26.9 Å². The van der Waals surface area contributed by atoms with Gasteiger partial charge >= 0.3 is 0 Å². The van der Waals surface area contributed by atoms with E-state index in [9.17, 15) is 4.79 Å². The fourth-order valence-corrected chi connectivity index (χ4v) is 4.43. The van der Waals surface area contributed by atoms with Crippen molar-refractivity contribution in [2.45, 2.75) is 19.9 Å². The molecule has 0 N–H and O–H groups in total. The summed E-state index contributed by atoms with van der Waals surface area (Å²) in [6.07, 6.45) is 0.330. The van der Waals surface area contributed by atoms with Gasteiger partial charge in [-0.2, -0.15) is 0 Å². The first-order chi connectivity index (χ1) is 13.6. The van der Waals surface area contributed by atoms with Crippen LogP contribution >= 0.6 is 22.9 Å². The third-order valence-electron chi connectivity index (χ3n) is 4.60. The fourth-order valence-electron chi connectivity index (χ4n) is 3.10. The maximum atomic E-state index is 13.2. The molecule has 0 aliphatic carbocycles. The molecule has 0 unspecified atom stereocenters. The van der Waals surface area contributed by atoms with E-state index < -0.39 is 0 Å². The van der Waals surface area contributed by atoms with Crippen LogP contribution in [0.25, 0.3) is 10.2 Å². The second-order valence-electron chi connectivity index (χ2n) is 6.67. The molecule has 1 aromatic heterocycles. The number of carbonyl (C=O) groups excluding carboxylic acids is 1. The van der Waals surface area contributed by atoms with Gasteiger partial charge in [0.2, 0.25) is 5.91 Å². The highest BCUT2D eigenvalue weighted by Gasteiger charge is 2.21. The van der Waals surface area contributed by atoms with Crippen molar-refractivity contribution in [3.8, 4) is 0 Å². The van der Waals surface area contributed by atoms with Crippen LogP contribution in [0.3, 0.4) is 0 Å². The smallest absolute Gasteiger partial charge is 0.233 e. The molecular weight excluding hydrogens is 388 g/mol. The van der Waals surface area contributed by atoms with Crippen LogP contribution in [0.15, 0.2) is 72.8 Å². The van der Waals surface area contributed by atoms with Crippen LogP contribution in [0.1, 0.15) is 16.7 Å². The van der Waals surface area contributed by atoms with Gasteiger partial charge in [0.05, 0.1) is 28.2 Å². The number of halogens is 1. The molecule has 5 heteroatoms. The van der Waals surface area contributed by atoms with E-state index in [-0.39, 0.29) is 5.91 Å². The van der Waals surface area contributed by atoms with Gasteiger partial charge in [0, 0.05) is 0 Å². The summed E-state index contributed by atoms with van der Waals surface area (Å²) in [5.41, 5.74) is 3.96. The highest BCUT2D eigenvalue weighted by molar-refractivity contribution is 7.23. The van der Waals surface area contributed by atoms with Gasteiger partial charge in [-0.1, -0.05) is 89.7 Å². The Hall–Kier alpha value is -2.69. The summed E-state index contributed by atoms with van der Waals surface area (Å²) in [5.74, 6) is 0.0166. The number of rotatable bonds is 5. The number of hydrogen-bond acceptors (Lipinski definition) is 3. The third-order valence-corrected chi connectivity index (χ3v) is 6.14. The molecule has 1 amide bonds. The lowest BCUT2D eigenvalue weighted by Crippen LogP contribution is -2.31. The zero-order valence-electron chi connectivity index (χ0n) is 15.4. The van der Waals surface area contributed by atoms with Gasteiger partial charge < -0.3 is 0 Å². The average molecular weight is 407 g/mol. The normalized spacial score (nSPS) is 10.9. The summed E-state index contributed by atoms with van der Waals surface area (Å²) >= 11 is 7.85. The summed E-state index contributed by atoms with van der Waals surface area (Å²) in [4.78, 5) is 19.8. The zero-order valence-corrected chi connectivity index (χ0v) is 17.0. The summed E-state index contributed by atoms with van der Waals surface area (Å²) < 4.78 is 0.919. The Morgan fingerprint density at radius 2 is 1.61 bits per heavy atom. The van der Waals surface area contributed by atoms with E-state index in [0.29, 0.717) is 23.1 Å². The molecular formula is C23H19ClN2OS. The van der Waals surface area contributed by atoms with Gasteiger partial charge in [0.25, 0.3) is 0 Å². The number of benzene rings is 3. The number of anilines is 1. The van der Waals surface area contributed by atoms with Gasteiger partial charge in [-0.05, 0) is 29.7 Å². The van der Waals surface area contributed by atoms with Crippen molar-refractivity contribution in [2.24, 2.45) is 0 Å². The largest absolute Gasteiger partial charge is 0.283 e. The van der Waals surface area contributed by atoms with Gasteiger partial charge in [-0.3, -0.25) is 9.69 Å². The number of amides is 1. The topological polar surface area (TPSA) is 33.2 Å². The number of carbonyl (C=O) groups is 1. The quantitative estimate of drug-likeness (QED) is 0.405. The van der Waals surface area contributed by atoms with Crippen molar-refractivity contribution in [2.75, 3.05) is 4.90 Å². The summed E-state index contributed by atoms with van der Waals surface area (Å²) in [6, 6.07) is 23.6. The van der Waals surface area contributed by atoms with E-state index >= 15 is 0 Å². The summed E-state index contributed by atoms with van der Waals surface area (Å²) in [7, 11) is 0. The highest BCUT2D eigenvalue weighted by Crippen LogP contribution is 2.36. The maximum absolute atomic E-state index is 13.2. The van der Waals surface area contributed by atoms with E-state index in [4.69, 9.17) is 16.6 Å². The first kappa shape index (κ1) is 18.7. The minimum Gasteiger partial charge on any atom is -0.283 e. The number of fused-ring (bicyclic) bond motifs is 1. The lowest BCUT2D eigenvalue weighted by molar-refractivity contribution is -0.118. The molecule has 3 aromatic carbocycles. The van der Waals surface area contributed by atoms with Crippen LogP contribution in [0, 0.1) is 6.92 Å². The molecule has 0 fully saturated rings. The molecule has 140 valence electrons. The van der Waals surface area contributed by atoms with E-state index in [2.05, 4.69) is 0 Å². The molecule has 4 rings (SSSR count). The van der Waals surface area contributed by atoms with E-state index in [1.807, 2.05) is 79.7 Å². The van der Waals surface area contributed by atoms with Gasteiger partial charge in [-0.15, -0.1) is 0 Å². The van der Waals surface area contributed by atoms with Crippen molar-refractivity contribution in [3.05, 3.63) is 94.5 Å². The Kier molecular flexibility index (Phi) is 5.42. The van der Waals surface area contributed by atoms with Gasteiger partial charge in [0.15, 0.2) is 5.13 Å². The summed E-state index contributed by atoms with van der Waals surface area (Å²) in [5, 5.41) is 1.34. The number of aryl methyl sites for hydroxylation is 1. The standard InChI is InChI=1S/C23H19ClN2OS/c1-16-12-13-19(24)22-21(16)25-23(28-22)26(15-18-10-6-3-7-11-18)20(27)14-17-8-4-2-5-9-17/h2-13H,14-15H2,1H3.